The van der Waals surface area contributed by atoms with Gasteiger partial charge < -0.3 is 14.8 Å². The number of amides is 1. The molecule has 1 aromatic carbocycles. The van der Waals surface area contributed by atoms with Gasteiger partial charge in [-0.2, -0.15) is 0 Å². The Balaban J connectivity index is 2.53. The van der Waals surface area contributed by atoms with E-state index in [1.807, 2.05) is 4.90 Å². The molecule has 0 saturated carbocycles. The molecule has 1 rings (SSSR count). The lowest BCUT2D eigenvalue weighted by molar-refractivity contribution is -0.117. The largest absolute Gasteiger partial charge is 0.383 e. The van der Waals surface area contributed by atoms with E-state index >= 15 is 0 Å². The van der Waals surface area contributed by atoms with Gasteiger partial charge in [0, 0.05) is 33.0 Å². The number of nitrogens with zero attached hydrogens (tertiary/aromatic N) is 1. The Kier molecular flexibility index (Phi) is 7.89. The molecule has 1 N–H and O–H groups in total. The fraction of sp³-hybridized carbons (Fsp3) is 0.533. The van der Waals surface area contributed by atoms with E-state index in [9.17, 15) is 9.18 Å². The number of methoxy groups -OCH3 is 2. The van der Waals surface area contributed by atoms with Crippen LogP contribution in [0.3, 0.4) is 0 Å². The molecule has 0 heterocycles. The number of anilines is 1. The van der Waals surface area contributed by atoms with Gasteiger partial charge in [0.2, 0.25) is 5.91 Å². The van der Waals surface area contributed by atoms with Crippen LogP contribution < -0.4 is 5.32 Å². The minimum Gasteiger partial charge on any atom is -0.383 e. The number of benzene rings is 1. The number of rotatable bonds is 9. The maximum absolute atomic E-state index is 13.4. The van der Waals surface area contributed by atoms with Crippen molar-refractivity contribution in [2.24, 2.45) is 0 Å². The van der Waals surface area contributed by atoms with Crippen molar-refractivity contribution in [1.29, 1.82) is 0 Å². The topological polar surface area (TPSA) is 50.8 Å². The van der Waals surface area contributed by atoms with Crippen LogP contribution in [0.25, 0.3) is 0 Å². The predicted octanol–water partition coefficient (Wildman–Crippen LogP) is 1.67. The van der Waals surface area contributed by atoms with Crippen molar-refractivity contribution in [2.75, 3.05) is 52.4 Å². The van der Waals surface area contributed by atoms with E-state index in [4.69, 9.17) is 9.47 Å². The first-order valence-corrected chi connectivity index (χ1v) is 6.83. The van der Waals surface area contributed by atoms with E-state index in [0.29, 0.717) is 37.6 Å². The fourth-order valence-corrected chi connectivity index (χ4v) is 1.78. The number of halogens is 1. The van der Waals surface area contributed by atoms with Crippen LogP contribution in [-0.2, 0) is 14.3 Å². The van der Waals surface area contributed by atoms with Crippen molar-refractivity contribution in [3.05, 3.63) is 29.6 Å². The van der Waals surface area contributed by atoms with Crippen LogP contribution in [-0.4, -0.2) is 57.9 Å². The van der Waals surface area contributed by atoms with Crippen LogP contribution in [0.2, 0.25) is 0 Å². The molecule has 0 aliphatic heterocycles. The standard InChI is InChI=1S/C15H23FN2O3/c1-12-4-5-13(10-14(12)16)17-15(19)11-18(6-8-20-2)7-9-21-3/h4-5,10H,6-9,11H2,1-3H3,(H,17,19). The summed E-state index contributed by atoms with van der Waals surface area (Å²) in [5.74, 6) is -0.520. The number of nitrogens with one attached hydrogen (secondary N) is 1. The molecule has 0 aromatic heterocycles. The van der Waals surface area contributed by atoms with E-state index < -0.39 is 0 Å². The number of ether oxygens (including phenoxy) is 2. The summed E-state index contributed by atoms with van der Waals surface area (Å²) in [5, 5.41) is 2.69. The molecule has 0 saturated heterocycles. The molecule has 0 spiro atoms. The molecule has 6 heteroatoms. The number of hydrogen-bond acceptors (Lipinski definition) is 4. The normalized spacial score (nSPS) is 10.9. The van der Waals surface area contributed by atoms with Gasteiger partial charge in [-0.25, -0.2) is 4.39 Å². The average Bonchev–Trinajstić information content (AvgIpc) is 2.45. The summed E-state index contributed by atoms with van der Waals surface area (Å²) in [6.07, 6.45) is 0. The van der Waals surface area contributed by atoms with E-state index in [1.165, 1.54) is 6.07 Å². The summed E-state index contributed by atoms with van der Waals surface area (Å²) in [6.45, 7) is 4.23. The highest BCUT2D eigenvalue weighted by atomic mass is 19.1. The van der Waals surface area contributed by atoms with Crippen molar-refractivity contribution >= 4 is 11.6 Å². The molecule has 21 heavy (non-hydrogen) atoms. The second-order valence-corrected chi connectivity index (χ2v) is 4.77. The lowest BCUT2D eigenvalue weighted by Gasteiger charge is -2.21. The van der Waals surface area contributed by atoms with Crippen LogP contribution in [0.5, 0.6) is 0 Å². The lowest BCUT2D eigenvalue weighted by atomic mass is 10.2. The second-order valence-electron chi connectivity index (χ2n) is 4.77. The van der Waals surface area contributed by atoms with Gasteiger partial charge in [-0.3, -0.25) is 9.69 Å². The van der Waals surface area contributed by atoms with E-state index in [-0.39, 0.29) is 18.3 Å². The third-order valence-electron chi connectivity index (χ3n) is 3.05. The Morgan fingerprint density at radius 1 is 1.24 bits per heavy atom. The molecule has 0 aliphatic carbocycles. The van der Waals surface area contributed by atoms with Crippen LogP contribution in [0, 0.1) is 12.7 Å². The smallest absolute Gasteiger partial charge is 0.238 e. The average molecular weight is 298 g/mol. The van der Waals surface area contributed by atoms with E-state index in [2.05, 4.69) is 5.32 Å². The Hall–Kier alpha value is -1.50. The Morgan fingerprint density at radius 2 is 1.86 bits per heavy atom. The second kappa shape index (κ2) is 9.44. The predicted molar refractivity (Wildman–Crippen MR) is 80.0 cm³/mol. The van der Waals surface area contributed by atoms with E-state index in [0.717, 1.165) is 0 Å². The van der Waals surface area contributed by atoms with Crippen molar-refractivity contribution in [3.63, 3.8) is 0 Å². The first-order chi connectivity index (χ1) is 10.1. The molecular weight excluding hydrogens is 275 g/mol. The Morgan fingerprint density at radius 3 is 2.38 bits per heavy atom. The summed E-state index contributed by atoms with van der Waals surface area (Å²) in [5.41, 5.74) is 1.01. The quantitative estimate of drug-likeness (QED) is 0.753. The molecular formula is C15H23FN2O3. The SMILES string of the molecule is COCCN(CCOC)CC(=O)Nc1ccc(C)c(F)c1. The van der Waals surface area contributed by atoms with Crippen molar-refractivity contribution < 1.29 is 18.7 Å². The number of carbonyl (C=O) groups excluding carboxylic acids is 1. The highest BCUT2D eigenvalue weighted by Gasteiger charge is 2.11. The minimum absolute atomic E-state index is 0.189. The molecule has 0 radical (unpaired) electrons. The first kappa shape index (κ1) is 17.6. The van der Waals surface area contributed by atoms with Gasteiger partial charge in [-0.1, -0.05) is 6.07 Å². The zero-order valence-electron chi connectivity index (χ0n) is 12.8. The van der Waals surface area contributed by atoms with Gasteiger partial charge in [0.1, 0.15) is 5.82 Å². The maximum atomic E-state index is 13.4. The summed E-state index contributed by atoms with van der Waals surface area (Å²) in [6, 6.07) is 4.64. The van der Waals surface area contributed by atoms with Gasteiger partial charge >= 0.3 is 0 Å². The maximum Gasteiger partial charge on any atom is 0.238 e. The summed E-state index contributed by atoms with van der Waals surface area (Å²) in [7, 11) is 3.23. The molecule has 0 aliphatic rings. The zero-order chi connectivity index (χ0) is 15.7. The van der Waals surface area contributed by atoms with Gasteiger partial charge in [0.05, 0.1) is 19.8 Å². The molecule has 1 amide bonds. The highest BCUT2D eigenvalue weighted by molar-refractivity contribution is 5.92. The van der Waals surface area contributed by atoms with Crippen LogP contribution in [0.15, 0.2) is 18.2 Å². The molecule has 0 unspecified atom stereocenters. The van der Waals surface area contributed by atoms with Crippen molar-refractivity contribution in [2.45, 2.75) is 6.92 Å². The Bertz CT molecular complexity index is 447. The summed E-state index contributed by atoms with van der Waals surface area (Å²) < 4.78 is 23.5. The fourth-order valence-electron chi connectivity index (χ4n) is 1.78. The Labute approximate surface area is 125 Å². The molecule has 0 bridgehead atoms. The lowest BCUT2D eigenvalue weighted by Crippen LogP contribution is -2.37. The van der Waals surface area contributed by atoms with Crippen LogP contribution >= 0.6 is 0 Å². The third-order valence-corrected chi connectivity index (χ3v) is 3.05. The molecule has 5 nitrogen and oxygen atoms in total. The highest BCUT2D eigenvalue weighted by Crippen LogP contribution is 2.13. The summed E-state index contributed by atoms with van der Waals surface area (Å²) >= 11 is 0. The summed E-state index contributed by atoms with van der Waals surface area (Å²) in [4.78, 5) is 13.9. The molecule has 0 atom stereocenters. The van der Waals surface area contributed by atoms with Gasteiger partial charge in [0.15, 0.2) is 0 Å². The molecule has 0 fully saturated rings. The van der Waals surface area contributed by atoms with Crippen molar-refractivity contribution in [3.8, 4) is 0 Å². The third kappa shape index (κ3) is 6.66. The van der Waals surface area contributed by atoms with Gasteiger partial charge in [-0.15, -0.1) is 0 Å². The monoisotopic (exact) mass is 298 g/mol. The van der Waals surface area contributed by atoms with Crippen LogP contribution in [0.4, 0.5) is 10.1 Å². The van der Waals surface area contributed by atoms with Crippen LogP contribution in [0.1, 0.15) is 5.56 Å². The van der Waals surface area contributed by atoms with Gasteiger partial charge in [0.25, 0.3) is 0 Å². The van der Waals surface area contributed by atoms with E-state index in [1.54, 1.807) is 33.3 Å². The molecule has 118 valence electrons. The number of carbonyl (C=O) groups is 1. The number of aryl methyl sites for hydroxylation is 1. The first-order valence-electron chi connectivity index (χ1n) is 6.83. The minimum atomic E-state index is -0.330. The van der Waals surface area contributed by atoms with Gasteiger partial charge in [-0.05, 0) is 24.6 Å². The number of hydrogen-bond donors (Lipinski definition) is 1. The van der Waals surface area contributed by atoms with Crippen molar-refractivity contribution in [1.82, 2.24) is 4.90 Å². The molecule has 1 aromatic rings. The zero-order valence-corrected chi connectivity index (χ0v) is 12.8.